The Morgan fingerprint density at radius 2 is 2.40 bits per heavy atom. The first-order chi connectivity index (χ1) is 7.11. The molecule has 7 heteroatoms. The molecule has 0 saturated carbocycles. The highest BCUT2D eigenvalue weighted by Gasteiger charge is 2.21. The van der Waals surface area contributed by atoms with Gasteiger partial charge < -0.3 is 5.11 Å². The zero-order valence-electron chi connectivity index (χ0n) is 7.73. The van der Waals surface area contributed by atoms with E-state index in [-0.39, 0.29) is 16.4 Å². The third-order valence-electron chi connectivity index (χ3n) is 2.00. The van der Waals surface area contributed by atoms with Crippen molar-refractivity contribution in [2.75, 3.05) is 0 Å². The van der Waals surface area contributed by atoms with Gasteiger partial charge in [-0.15, -0.1) is 0 Å². The fourth-order valence-electron chi connectivity index (χ4n) is 1.31. The van der Waals surface area contributed by atoms with Crippen molar-refractivity contribution in [3.8, 4) is 11.4 Å². The summed E-state index contributed by atoms with van der Waals surface area (Å²) >= 11 is 5.68. The second-order valence-electron chi connectivity index (χ2n) is 2.91. The molecule has 0 aliphatic heterocycles. The van der Waals surface area contributed by atoms with Crippen molar-refractivity contribution in [1.29, 1.82) is 0 Å². The minimum Gasteiger partial charge on any atom is -0.477 e. The van der Waals surface area contributed by atoms with Gasteiger partial charge >= 0.3 is 5.97 Å². The van der Waals surface area contributed by atoms with Gasteiger partial charge in [-0.05, 0) is 6.07 Å². The largest absolute Gasteiger partial charge is 0.477 e. The lowest BCUT2D eigenvalue weighted by atomic mass is 10.2. The average Bonchev–Trinajstić information content (AvgIpc) is 2.71. The van der Waals surface area contributed by atoms with Crippen LogP contribution in [0.5, 0.6) is 0 Å². The minimum atomic E-state index is -1.12. The molecule has 78 valence electrons. The quantitative estimate of drug-likeness (QED) is 0.805. The van der Waals surface area contributed by atoms with Gasteiger partial charge in [0.2, 0.25) is 0 Å². The second-order valence-corrected chi connectivity index (χ2v) is 3.28. The van der Waals surface area contributed by atoms with Gasteiger partial charge in [-0.2, -0.15) is 10.2 Å². The highest BCUT2D eigenvalue weighted by molar-refractivity contribution is 6.33. The zero-order chi connectivity index (χ0) is 11.0. The molecule has 0 aromatic carbocycles. The first kappa shape index (κ1) is 9.72. The Balaban J connectivity index is 2.64. The molecular formula is C8H7ClN4O2. The maximum Gasteiger partial charge on any atom is 0.341 e. The summed E-state index contributed by atoms with van der Waals surface area (Å²) in [5.41, 5.74) is 0.836. The molecule has 0 aliphatic carbocycles. The molecule has 0 atom stereocenters. The van der Waals surface area contributed by atoms with Gasteiger partial charge in [-0.1, -0.05) is 11.6 Å². The highest BCUT2D eigenvalue weighted by Crippen LogP contribution is 2.25. The van der Waals surface area contributed by atoms with E-state index in [9.17, 15) is 4.79 Å². The van der Waals surface area contributed by atoms with Crippen LogP contribution in [0.1, 0.15) is 10.4 Å². The van der Waals surface area contributed by atoms with Crippen LogP contribution < -0.4 is 0 Å². The van der Waals surface area contributed by atoms with Crippen molar-refractivity contribution in [3.63, 3.8) is 0 Å². The van der Waals surface area contributed by atoms with Crippen molar-refractivity contribution in [2.45, 2.75) is 0 Å². The predicted octanol–water partition coefficient (Wildman–Crippen LogP) is 1.16. The first-order valence-corrected chi connectivity index (χ1v) is 4.44. The van der Waals surface area contributed by atoms with Crippen LogP contribution in [0.2, 0.25) is 5.15 Å². The number of rotatable bonds is 2. The van der Waals surface area contributed by atoms with Gasteiger partial charge in [0.05, 0.1) is 5.69 Å². The van der Waals surface area contributed by atoms with E-state index in [1.165, 1.54) is 4.68 Å². The van der Waals surface area contributed by atoms with E-state index in [1.54, 1.807) is 19.3 Å². The molecule has 0 saturated heterocycles. The zero-order valence-corrected chi connectivity index (χ0v) is 8.49. The fraction of sp³-hybridized carbons (Fsp3) is 0.125. The molecule has 2 aromatic heterocycles. The van der Waals surface area contributed by atoms with Crippen molar-refractivity contribution < 1.29 is 9.90 Å². The van der Waals surface area contributed by atoms with Crippen LogP contribution in [0.3, 0.4) is 0 Å². The van der Waals surface area contributed by atoms with Gasteiger partial charge in [-0.25, -0.2) is 4.79 Å². The Hall–Kier alpha value is -1.82. The Bertz CT molecular complexity index is 516. The van der Waals surface area contributed by atoms with Crippen LogP contribution >= 0.6 is 11.6 Å². The standard InChI is InChI=1S/C8H7ClN4O2/c1-13-4(2-3-10-13)6-5(8(14)15)7(9)12-11-6/h2-3H,1H3,(H,11,12)(H,14,15). The van der Waals surface area contributed by atoms with Gasteiger partial charge in [0.1, 0.15) is 16.4 Å². The molecule has 0 spiro atoms. The second kappa shape index (κ2) is 3.39. The summed E-state index contributed by atoms with van der Waals surface area (Å²) in [5, 5.41) is 19.2. The number of carboxylic acids is 1. The lowest BCUT2D eigenvalue weighted by Crippen LogP contribution is -2.01. The summed E-state index contributed by atoms with van der Waals surface area (Å²) in [6.45, 7) is 0. The Morgan fingerprint density at radius 3 is 2.93 bits per heavy atom. The number of aromatic amines is 1. The van der Waals surface area contributed by atoms with Crippen LogP contribution in [-0.4, -0.2) is 31.1 Å². The number of carbonyl (C=O) groups is 1. The lowest BCUT2D eigenvalue weighted by Gasteiger charge is -1.98. The monoisotopic (exact) mass is 226 g/mol. The summed E-state index contributed by atoms with van der Waals surface area (Å²) in [6, 6.07) is 1.67. The van der Waals surface area contributed by atoms with Crippen LogP contribution in [0.25, 0.3) is 11.4 Å². The third kappa shape index (κ3) is 1.48. The summed E-state index contributed by atoms with van der Waals surface area (Å²) in [4.78, 5) is 10.9. The van der Waals surface area contributed by atoms with E-state index in [2.05, 4.69) is 15.3 Å². The van der Waals surface area contributed by atoms with Crippen molar-refractivity contribution in [3.05, 3.63) is 23.0 Å². The SMILES string of the molecule is Cn1nccc1-c1n[nH]c(Cl)c1C(=O)O. The molecule has 2 heterocycles. The molecule has 2 rings (SSSR count). The van der Waals surface area contributed by atoms with Crippen molar-refractivity contribution >= 4 is 17.6 Å². The van der Waals surface area contributed by atoms with E-state index < -0.39 is 5.97 Å². The number of halogens is 1. The van der Waals surface area contributed by atoms with Crippen molar-refractivity contribution in [1.82, 2.24) is 20.0 Å². The van der Waals surface area contributed by atoms with Gasteiger partial charge in [0, 0.05) is 13.2 Å². The van der Waals surface area contributed by atoms with E-state index in [0.29, 0.717) is 5.69 Å². The lowest BCUT2D eigenvalue weighted by molar-refractivity contribution is 0.0698. The Morgan fingerprint density at radius 1 is 1.67 bits per heavy atom. The van der Waals surface area contributed by atoms with E-state index in [4.69, 9.17) is 16.7 Å². The Labute approximate surface area is 89.5 Å². The Kier molecular flexibility index (Phi) is 2.20. The summed E-state index contributed by atoms with van der Waals surface area (Å²) in [6.07, 6.45) is 1.56. The number of aromatic carboxylic acids is 1. The number of H-pyrrole nitrogens is 1. The van der Waals surface area contributed by atoms with E-state index in [0.717, 1.165) is 0 Å². The number of hydrogen-bond donors (Lipinski definition) is 2. The van der Waals surface area contributed by atoms with E-state index in [1.807, 2.05) is 0 Å². The molecule has 2 N–H and O–H groups in total. The molecule has 6 nitrogen and oxygen atoms in total. The maximum atomic E-state index is 10.9. The topological polar surface area (TPSA) is 83.8 Å². The number of nitrogens with one attached hydrogen (secondary N) is 1. The minimum absolute atomic E-state index is 0.0127. The summed E-state index contributed by atoms with van der Waals surface area (Å²) < 4.78 is 1.53. The number of aryl methyl sites for hydroxylation is 1. The molecule has 15 heavy (non-hydrogen) atoms. The number of hydrogen-bond acceptors (Lipinski definition) is 3. The normalized spacial score (nSPS) is 10.5. The van der Waals surface area contributed by atoms with Crippen LogP contribution in [0.4, 0.5) is 0 Å². The van der Waals surface area contributed by atoms with Gasteiger partial charge in [-0.3, -0.25) is 9.78 Å². The maximum absolute atomic E-state index is 10.9. The average molecular weight is 227 g/mol. The smallest absolute Gasteiger partial charge is 0.341 e. The van der Waals surface area contributed by atoms with Crippen LogP contribution in [0.15, 0.2) is 12.3 Å². The van der Waals surface area contributed by atoms with Crippen LogP contribution in [0, 0.1) is 0 Å². The van der Waals surface area contributed by atoms with Gasteiger partial charge in [0.15, 0.2) is 0 Å². The van der Waals surface area contributed by atoms with Crippen molar-refractivity contribution in [2.24, 2.45) is 7.05 Å². The molecular weight excluding hydrogens is 220 g/mol. The van der Waals surface area contributed by atoms with E-state index >= 15 is 0 Å². The number of carboxylic acid groups (broad SMARTS) is 1. The first-order valence-electron chi connectivity index (χ1n) is 4.06. The highest BCUT2D eigenvalue weighted by atomic mass is 35.5. The fourth-order valence-corrected chi connectivity index (χ4v) is 1.52. The third-order valence-corrected chi connectivity index (χ3v) is 2.27. The summed E-state index contributed by atoms with van der Waals surface area (Å²) in [7, 11) is 1.70. The molecule has 0 radical (unpaired) electrons. The number of aromatic nitrogens is 4. The van der Waals surface area contributed by atoms with Crippen LogP contribution in [-0.2, 0) is 7.05 Å². The molecule has 0 amide bonds. The molecule has 0 bridgehead atoms. The molecule has 2 aromatic rings. The molecule has 0 aliphatic rings. The predicted molar refractivity (Wildman–Crippen MR) is 52.8 cm³/mol. The number of nitrogens with zero attached hydrogens (tertiary/aromatic N) is 3. The molecule has 0 fully saturated rings. The van der Waals surface area contributed by atoms with Gasteiger partial charge in [0.25, 0.3) is 0 Å². The molecule has 0 unspecified atom stereocenters. The summed E-state index contributed by atoms with van der Waals surface area (Å²) in [5.74, 6) is -1.12.